The second-order valence-electron chi connectivity index (χ2n) is 9.00. The highest BCUT2D eigenvalue weighted by atomic mass is 32.2. The molecule has 3 aromatic carbocycles. The van der Waals surface area contributed by atoms with Crippen LogP contribution < -0.4 is 10.1 Å². The molecule has 3 aromatic rings. The second-order valence-corrected chi connectivity index (χ2v) is 10.9. The van der Waals surface area contributed by atoms with E-state index in [-0.39, 0.29) is 30.1 Å². The Morgan fingerprint density at radius 2 is 1.64 bits per heavy atom. The van der Waals surface area contributed by atoms with Crippen LogP contribution in [0.25, 0.3) is 0 Å². The number of fused-ring (bicyclic) bond motifs is 1. The first-order valence-corrected chi connectivity index (χ1v) is 13.9. The Kier molecular flexibility index (Phi) is 7.47. The van der Waals surface area contributed by atoms with Crippen molar-refractivity contribution in [3.8, 4) is 5.75 Å². The highest BCUT2D eigenvalue weighted by molar-refractivity contribution is 7.89. The SMILES string of the molecule is CCOc1ccc(CN2C(=O)c3ccccc3C2=O)cc1C(=O)Nc1cccc(S(=O)(=O)N2CCOCC2)c1. The third-order valence-electron chi connectivity index (χ3n) is 6.51. The number of anilines is 1. The zero-order valence-electron chi connectivity index (χ0n) is 21.3. The van der Waals surface area contributed by atoms with Crippen molar-refractivity contribution in [2.75, 3.05) is 38.2 Å². The highest BCUT2D eigenvalue weighted by Crippen LogP contribution is 2.28. The van der Waals surface area contributed by atoms with Crippen LogP contribution in [-0.4, -0.2) is 68.3 Å². The number of amides is 3. The molecule has 5 rings (SSSR count). The molecule has 2 aliphatic heterocycles. The first-order valence-electron chi connectivity index (χ1n) is 12.5. The van der Waals surface area contributed by atoms with E-state index in [2.05, 4.69) is 5.32 Å². The van der Waals surface area contributed by atoms with Crippen molar-refractivity contribution in [3.63, 3.8) is 0 Å². The van der Waals surface area contributed by atoms with Gasteiger partial charge in [0.2, 0.25) is 10.0 Å². The Labute approximate surface area is 226 Å². The summed E-state index contributed by atoms with van der Waals surface area (Å²) >= 11 is 0. The molecule has 2 aliphatic rings. The van der Waals surface area contributed by atoms with Gasteiger partial charge >= 0.3 is 0 Å². The summed E-state index contributed by atoms with van der Waals surface area (Å²) in [5.74, 6) is -0.996. The van der Waals surface area contributed by atoms with Crippen LogP contribution in [0.4, 0.5) is 5.69 Å². The lowest BCUT2D eigenvalue weighted by atomic mass is 10.1. The summed E-state index contributed by atoms with van der Waals surface area (Å²) in [6.07, 6.45) is 0. The topological polar surface area (TPSA) is 122 Å². The van der Waals surface area contributed by atoms with Gasteiger partial charge in [0.05, 0.1) is 48.0 Å². The first-order chi connectivity index (χ1) is 18.8. The molecule has 0 unspecified atom stereocenters. The minimum atomic E-state index is -3.75. The molecule has 0 saturated carbocycles. The summed E-state index contributed by atoms with van der Waals surface area (Å²) in [6, 6.07) is 17.6. The first kappa shape index (κ1) is 26.5. The molecule has 202 valence electrons. The average molecular weight is 550 g/mol. The molecule has 0 atom stereocenters. The molecule has 3 amide bonds. The van der Waals surface area contributed by atoms with Crippen LogP contribution in [0.1, 0.15) is 43.6 Å². The third kappa shape index (κ3) is 5.29. The van der Waals surface area contributed by atoms with Gasteiger partial charge in [0.15, 0.2) is 0 Å². The van der Waals surface area contributed by atoms with Gasteiger partial charge in [-0.05, 0) is 55.0 Å². The number of imide groups is 1. The van der Waals surface area contributed by atoms with E-state index in [0.29, 0.717) is 47.9 Å². The van der Waals surface area contributed by atoms with E-state index in [1.807, 2.05) is 0 Å². The molecule has 1 saturated heterocycles. The summed E-state index contributed by atoms with van der Waals surface area (Å²) in [5.41, 5.74) is 1.73. The predicted molar refractivity (Wildman–Crippen MR) is 142 cm³/mol. The number of hydrogen-bond donors (Lipinski definition) is 1. The van der Waals surface area contributed by atoms with Crippen molar-refractivity contribution in [3.05, 3.63) is 89.0 Å². The van der Waals surface area contributed by atoms with Gasteiger partial charge in [-0.25, -0.2) is 8.42 Å². The maximum atomic E-state index is 13.4. The zero-order valence-corrected chi connectivity index (χ0v) is 22.1. The van der Waals surface area contributed by atoms with Crippen molar-refractivity contribution < 1.29 is 32.3 Å². The molecule has 0 aliphatic carbocycles. The van der Waals surface area contributed by atoms with Crippen LogP contribution in [-0.2, 0) is 21.3 Å². The van der Waals surface area contributed by atoms with E-state index in [0.717, 1.165) is 4.90 Å². The predicted octanol–water partition coefficient (Wildman–Crippen LogP) is 3.15. The lowest BCUT2D eigenvalue weighted by Gasteiger charge is -2.26. The summed E-state index contributed by atoms with van der Waals surface area (Å²) in [4.78, 5) is 40.2. The smallest absolute Gasteiger partial charge is 0.261 e. The van der Waals surface area contributed by atoms with Crippen molar-refractivity contribution in [2.24, 2.45) is 0 Å². The van der Waals surface area contributed by atoms with Gasteiger partial charge < -0.3 is 14.8 Å². The number of rotatable bonds is 8. The summed E-state index contributed by atoms with van der Waals surface area (Å²) in [5, 5.41) is 2.75. The molecule has 1 fully saturated rings. The quantitative estimate of drug-likeness (QED) is 0.428. The maximum Gasteiger partial charge on any atom is 0.261 e. The Hall–Kier alpha value is -4.06. The normalized spacial score (nSPS) is 15.8. The number of sulfonamides is 1. The Bertz CT molecular complexity index is 1510. The summed E-state index contributed by atoms with van der Waals surface area (Å²) in [6.45, 7) is 3.25. The molecule has 2 heterocycles. The van der Waals surface area contributed by atoms with Gasteiger partial charge in [-0.15, -0.1) is 0 Å². The van der Waals surface area contributed by atoms with Crippen molar-refractivity contribution in [1.82, 2.24) is 9.21 Å². The van der Waals surface area contributed by atoms with Crippen LogP contribution in [0.15, 0.2) is 71.6 Å². The van der Waals surface area contributed by atoms with Crippen LogP contribution >= 0.6 is 0 Å². The van der Waals surface area contributed by atoms with Gasteiger partial charge in [0.1, 0.15) is 5.75 Å². The second kappa shape index (κ2) is 11.0. The third-order valence-corrected chi connectivity index (χ3v) is 8.40. The van der Waals surface area contributed by atoms with Crippen molar-refractivity contribution in [1.29, 1.82) is 0 Å². The van der Waals surface area contributed by atoms with E-state index >= 15 is 0 Å². The number of benzene rings is 3. The van der Waals surface area contributed by atoms with Crippen molar-refractivity contribution >= 4 is 33.4 Å². The van der Waals surface area contributed by atoms with E-state index in [1.165, 1.54) is 16.4 Å². The molecule has 1 N–H and O–H groups in total. The van der Waals surface area contributed by atoms with Crippen LogP contribution in [0.5, 0.6) is 5.75 Å². The molecule has 0 spiro atoms. The lowest BCUT2D eigenvalue weighted by molar-refractivity contribution is 0.0642. The number of nitrogens with one attached hydrogen (secondary N) is 1. The lowest BCUT2D eigenvalue weighted by Crippen LogP contribution is -2.40. The maximum absolute atomic E-state index is 13.4. The molecule has 10 nitrogen and oxygen atoms in total. The minimum absolute atomic E-state index is 0.0215. The number of morpholine rings is 1. The summed E-state index contributed by atoms with van der Waals surface area (Å²) in [7, 11) is -3.75. The van der Waals surface area contributed by atoms with E-state index in [1.54, 1.807) is 61.5 Å². The van der Waals surface area contributed by atoms with Crippen LogP contribution in [0.3, 0.4) is 0 Å². The fourth-order valence-corrected chi connectivity index (χ4v) is 6.02. The summed E-state index contributed by atoms with van der Waals surface area (Å²) < 4.78 is 38.4. The zero-order chi connectivity index (χ0) is 27.6. The molecular formula is C28H27N3O7S. The Morgan fingerprint density at radius 3 is 2.31 bits per heavy atom. The number of ether oxygens (including phenoxy) is 2. The Balaban J connectivity index is 1.38. The number of carbonyl (C=O) groups excluding carboxylic acids is 3. The van der Waals surface area contributed by atoms with Gasteiger partial charge in [0, 0.05) is 18.8 Å². The molecule has 39 heavy (non-hydrogen) atoms. The van der Waals surface area contributed by atoms with Gasteiger partial charge in [-0.3, -0.25) is 19.3 Å². The van der Waals surface area contributed by atoms with Crippen LogP contribution in [0.2, 0.25) is 0 Å². The number of nitrogens with zero attached hydrogens (tertiary/aromatic N) is 2. The van der Waals surface area contributed by atoms with Crippen LogP contribution in [0, 0.1) is 0 Å². The average Bonchev–Trinajstić information content (AvgIpc) is 3.19. The molecular weight excluding hydrogens is 522 g/mol. The minimum Gasteiger partial charge on any atom is -0.493 e. The van der Waals surface area contributed by atoms with E-state index < -0.39 is 27.7 Å². The fourth-order valence-electron chi connectivity index (χ4n) is 4.57. The van der Waals surface area contributed by atoms with E-state index in [9.17, 15) is 22.8 Å². The number of carbonyl (C=O) groups is 3. The van der Waals surface area contributed by atoms with Gasteiger partial charge in [0.25, 0.3) is 17.7 Å². The van der Waals surface area contributed by atoms with Crippen molar-refractivity contribution in [2.45, 2.75) is 18.4 Å². The Morgan fingerprint density at radius 1 is 0.949 bits per heavy atom. The monoisotopic (exact) mass is 549 g/mol. The van der Waals surface area contributed by atoms with Gasteiger partial charge in [-0.2, -0.15) is 4.31 Å². The highest BCUT2D eigenvalue weighted by Gasteiger charge is 2.35. The molecule has 0 bridgehead atoms. The largest absolute Gasteiger partial charge is 0.493 e. The van der Waals surface area contributed by atoms with E-state index in [4.69, 9.17) is 9.47 Å². The molecule has 11 heteroatoms. The van der Waals surface area contributed by atoms with Gasteiger partial charge in [-0.1, -0.05) is 24.3 Å². The molecule has 0 aromatic heterocycles. The number of hydrogen-bond acceptors (Lipinski definition) is 7. The molecule has 0 radical (unpaired) electrons. The fraction of sp³-hybridized carbons (Fsp3) is 0.250. The standard InChI is InChI=1S/C28H27N3O7S/c1-2-38-25-11-10-19(18-31-27(33)22-8-3-4-9-23(22)28(31)34)16-24(25)26(32)29-20-6-5-7-21(17-20)39(35,36)30-12-14-37-15-13-30/h3-11,16-17H,2,12-15,18H2,1H3,(H,29,32).